The maximum absolute atomic E-state index is 13.5. The van der Waals surface area contributed by atoms with Crippen LogP contribution in [0.5, 0.6) is 0 Å². The second kappa shape index (κ2) is 9.53. The third-order valence-electron chi connectivity index (χ3n) is 3.03. The van der Waals surface area contributed by atoms with Crippen LogP contribution in [-0.2, 0) is 10.5 Å². The summed E-state index contributed by atoms with van der Waals surface area (Å²) in [5.41, 5.74) is 1.65. The minimum Gasteiger partial charge on any atom is -0.352 e. The lowest BCUT2D eigenvalue weighted by Gasteiger charge is -2.03. The van der Waals surface area contributed by atoms with E-state index in [1.807, 2.05) is 18.2 Å². The molecule has 0 saturated heterocycles. The van der Waals surface area contributed by atoms with Crippen molar-refractivity contribution in [1.29, 1.82) is 0 Å². The number of benzene rings is 2. The Balaban J connectivity index is 1.69. The van der Waals surface area contributed by atoms with Gasteiger partial charge < -0.3 is 5.32 Å². The Morgan fingerprint density at radius 1 is 1.22 bits per heavy atom. The standard InChI is InChI=1S/C18H17BrFNOS/c19-16-7-8-17(20)15(12-16)6-9-18(22)21-10-11-23-13-14-4-2-1-3-5-14/h1-9,12H,10-11,13H2,(H,21,22)/b9-6+. The molecule has 23 heavy (non-hydrogen) atoms. The number of hydrogen-bond donors (Lipinski definition) is 1. The number of nitrogens with one attached hydrogen (secondary N) is 1. The molecule has 0 aromatic heterocycles. The molecule has 0 spiro atoms. The molecule has 0 atom stereocenters. The third-order valence-corrected chi connectivity index (χ3v) is 4.55. The number of carbonyl (C=O) groups is 1. The Hall–Kier alpha value is -1.59. The first-order valence-corrected chi connectivity index (χ1v) is 9.12. The van der Waals surface area contributed by atoms with Crippen LogP contribution in [0, 0.1) is 5.82 Å². The summed E-state index contributed by atoms with van der Waals surface area (Å²) in [4.78, 5) is 11.7. The molecule has 120 valence electrons. The van der Waals surface area contributed by atoms with Gasteiger partial charge in [0.1, 0.15) is 5.82 Å². The molecule has 2 nitrogen and oxygen atoms in total. The monoisotopic (exact) mass is 393 g/mol. The summed E-state index contributed by atoms with van der Waals surface area (Å²) < 4.78 is 14.3. The summed E-state index contributed by atoms with van der Waals surface area (Å²) in [6.45, 7) is 0.585. The van der Waals surface area contributed by atoms with E-state index < -0.39 is 0 Å². The Morgan fingerprint density at radius 2 is 2.00 bits per heavy atom. The van der Waals surface area contributed by atoms with Gasteiger partial charge in [0.05, 0.1) is 0 Å². The number of rotatable bonds is 7. The highest BCUT2D eigenvalue weighted by Crippen LogP contribution is 2.16. The van der Waals surface area contributed by atoms with Gasteiger partial charge in [-0.15, -0.1) is 0 Å². The van der Waals surface area contributed by atoms with Crippen molar-refractivity contribution in [2.75, 3.05) is 12.3 Å². The highest BCUT2D eigenvalue weighted by Gasteiger charge is 2.01. The molecule has 0 aliphatic heterocycles. The molecule has 2 aromatic rings. The molecule has 2 rings (SSSR count). The van der Waals surface area contributed by atoms with Crippen molar-refractivity contribution in [3.05, 3.63) is 76.0 Å². The molecule has 0 saturated carbocycles. The fourth-order valence-electron chi connectivity index (χ4n) is 1.88. The van der Waals surface area contributed by atoms with Crippen LogP contribution in [0.3, 0.4) is 0 Å². The first kappa shape index (κ1) is 17.8. The number of halogens is 2. The topological polar surface area (TPSA) is 29.1 Å². The van der Waals surface area contributed by atoms with Gasteiger partial charge in [-0.3, -0.25) is 4.79 Å². The summed E-state index contributed by atoms with van der Waals surface area (Å²) in [5.74, 6) is 1.19. The molecule has 5 heteroatoms. The Bertz CT molecular complexity index is 676. The van der Waals surface area contributed by atoms with E-state index in [-0.39, 0.29) is 11.7 Å². The predicted octanol–water partition coefficient (Wildman–Crippen LogP) is 4.65. The molecule has 1 N–H and O–H groups in total. The predicted molar refractivity (Wildman–Crippen MR) is 98.7 cm³/mol. The molecule has 0 aliphatic carbocycles. The van der Waals surface area contributed by atoms with Crippen molar-refractivity contribution < 1.29 is 9.18 Å². The van der Waals surface area contributed by atoms with Crippen LogP contribution in [0.2, 0.25) is 0 Å². The average Bonchev–Trinajstić information content (AvgIpc) is 2.56. The number of thioether (sulfide) groups is 1. The van der Waals surface area contributed by atoms with Gasteiger partial charge in [0.2, 0.25) is 5.91 Å². The van der Waals surface area contributed by atoms with Gasteiger partial charge in [0.15, 0.2) is 0 Å². The van der Waals surface area contributed by atoms with Crippen LogP contribution >= 0.6 is 27.7 Å². The maximum atomic E-state index is 13.5. The highest BCUT2D eigenvalue weighted by atomic mass is 79.9. The van der Waals surface area contributed by atoms with E-state index in [9.17, 15) is 9.18 Å². The average molecular weight is 394 g/mol. The molecular formula is C18H17BrFNOS. The summed E-state index contributed by atoms with van der Waals surface area (Å²) in [5, 5.41) is 2.79. The summed E-state index contributed by atoms with van der Waals surface area (Å²) in [6, 6.07) is 14.8. The zero-order valence-corrected chi connectivity index (χ0v) is 14.9. The van der Waals surface area contributed by atoms with Crippen molar-refractivity contribution in [2.45, 2.75) is 5.75 Å². The third kappa shape index (κ3) is 6.59. The van der Waals surface area contributed by atoms with E-state index in [4.69, 9.17) is 0 Å². The van der Waals surface area contributed by atoms with Crippen LogP contribution in [0.4, 0.5) is 4.39 Å². The zero-order valence-electron chi connectivity index (χ0n) is 12.5. The van der Waals surface area contributed by atoms with Gasteiger partial charge in [-0.1, -0.05) is 46.3 Å². The van der Waals surface area contributed by atoms with Crippen LogP contribution in [0.1, 0.15) is 11.1 Å². The van der Waals surface area contributed by atoms with E-state index in [2.05, 4.69) is 33.4 Å². The summed E-state index contributed by atoms with van der Waals surface area (Å²) in [6.07, 6.45) is 2.83. The van der Waals surface area contributed by atoms with Gasteiger partial charge >= 0.3 is 0 Å². The van der Waals surface area contributed by atoms with Gasteiger partial charge in [0, 0.05) is 34.2 Å². The fraction of sp³-hybridized carbons (Fsp3) is 0.167. The van der Waals surface area contributed by atoms with Crippen LogP contribution < -0.4 is 5.32 Å². The SMILES string of the molecule is O=C(/C=C/c1cc(Br)ccc1F)NCCSCc1ccccc1. The second-order valence-electron chi connectivity index (χ2n) is 4.83. The zero-order chi connectivity index (χ0) is 16.5. The van der Waals surface area contributed by atoms with E-state index in [1.165, 1.54) is 23.8 Å². The van der Waals surface area contributed by atoms with Crippen molar-refractivity contribution >= 4 is 39.7 Å². The number of carbonyl (C=O) groups excluding carboxylic acids is 1. The van der Waals surface area contributed by atoms with Crippen LogP contribution in [0.15, 0.2) is 59.1 Å². The van der Waals surface area contributed by atoms with Crippen LogP contribution in [0.25, 0.3) is 6.08 Å². The molecule has 0 bridgehead atoms. The lowest BCUT2D eigenvalue weighted by atomic mass is 10.2. The van der Waals surface area contributed by atoms with Crippen molar-refractivity contribution in [3.63, 3.8) is 0 Å². The lowest BCUT2D eigenvalue weighted by Crippen LogP contribution is -2.23. The van der Waals surface area contributed by atoms with Crippen LogP contribution in [-0.4, -0.2) is 18.2 Å². The van der Waals surface area contributed by atoms with Crippen molar-refractivity contribution in [1.82, 2.24) is 5.32 Å². The Labute approximate surface area is 148 Å². The smallest absolute Gasteiger partial charge is 0.244 e. The summed E-state index contributed by atoms with van der Waals surface area (Å²) in [7, 11) is 0. The van der Waals surface area contributed by atoms with E-state index in [0.717, 1.165) is 16.0 Å². The first-order valence-electron chi connectivity index (χ1n) is 7.18. The van der Waals surface area contributed by atoms with Gasteiger partial charge in [-0.25, -0.2) is 4.39 Å². The van der Waals surface area contributed by atoms with E-state index >= 15 is 0 Å². The highest BCUT2D eigenvalue weighted by molar-refractivity contribution is 9.10. The molecule has 2 aromatic carbocycles. The second-order valence-corrected chi connectivity index (χ2v) is 6.85. The maximum Gasteiger partial charge on any atom is 0.244 e. The minimum atomic E-state index is -0.351. The summed E-state index contributed by atoms with van der Waals surface area (Å²) >= 11 is 5.04. The molecule has 0 radical (unpaired) electrons. The number of amides is 1. The molecule has 0 fully saturated rings. The quantitative estimate of drug-likeness (QED) is 0.547. The van der Waals surface area contributed by atoms with Crippen molar-refractivity contribution in [2.24, 2.45) is 0 Å². The Morgan fingerprint density at radius 3 is 2.78 bits per heavy atom. The molecule has 1 amide bonds. The molecular weight excluding hydrogens is 377 g/mol. The van der Waals surface area contributed by atoms with Gasteiger partial charge in [0.25, 0.3) is 0 Å². The fourth-order valence-corrected chi connectivity index (χ4v) is 3.08. The lowest BCUT2D eigenvalue weighted by molar-refractivity contribution is -0.116. The van der Waals surface area contributed by atoms with Crippen molar-refractivity contribution in [3.8, 4) is 0 Å². The molecule has 0 unspecified atom stereocenters. The van der Waals surface area contributed by atoms with E-state index in [0.29, 0.717) is 12.1 Å². The Kier molecular flexibility index (Phi) is 7.36. The largest absolute Gasteiger partial charge is 0.352 e. The normalized spacial score (nSPS) is 10.9. The van der Waals surface area contributed by atoms with Gasteiger partial charge in [-0.2, -0.15) is 11.8 Å². The van der Waals surface area contributed by atoms with E-state index in [1.54, 1.807) is 23.9 Å². The minimum absolute atomic E-state index is 0.218. The molecule has 0 heterocycles. The number of hydrogen-bond acceptors (Lipinski definition) is 2. The first-order chi connectivity index (χ1) is 11.1. The molecule has 0 aliphatic rings. The van der Waals surface area contributed by atoms with Gasteiger partial charge in [-0.05, 0) is 29.8 Å².